The fourth-order valence-electron chi connectivity index (χ4n) is 6.38. The third kappa shape index (κ3) is 0.971. The second-order valence-electron chi connectivity index (χ2n) is 6.74. The monoisotopic (exact) mass is 222 g/mol. The van der Waals surface area contributed by atoms with Gasteiger partial charge in [0.15, 0.2) is 0 Å². The molecular formula is C14H22O2. The maximum Gasteiger partial charge on any atom is 0.0465 e. The molecule has 0 amide bonds. The summed E-state index contributed by atoms with van der Waals surface area (Å²) in [6, 6.07) is 0. The molecule has 16 heavy (non-hydrogen) atoms. The van der Waals surface area contributed by atoms with Crippen LogP contribution < -0.4 is 0 Å². The number of aliphatic hydroxyl groups excluding tert-OH is 2. The second kappa shape index (κ2) is 3.23. The predicted octanol–water partition coefficient (Wildman–Crippen LogP) is 1.52. The van der Waals surface area contributed by atoms with Gasteiger partial charge in [-0.05, 0) is 73.0 Å². The summed E-state index contributed by atoms with van der Waals surface area (Å²) in [5.74, 6) is 6.20. The van der Waals surface area contributed by atoms with E-state index in [-0.39, 0.29) is 0 Å². The number of fused-ring (bicyclic) bond motifs is 9. The topological polar surface area (TPSA) is 40.5 Å². The number of aliphatic hydroxyl groups is 2. The SMILES string of the molecule is OCC1C(CO)[C@@H]2C[C@@H]1C1C3CCC(C3)C12. The van der Waals surface area contributed by atoms with Crippen molar-refractivity contribution in [3.8, 4) is 0 Å². The van der Waals surface area contributed by atoms with Crippen molar-refractivity contribution in [1.82, 2.24) is 0 Å². The van der Waals surface area contributed by atoms with Crippen molar-refractivity contribution in [3.63, 3.8) is 0 Å². The fourth-order valence-corrected chi connectivity index (χ4v) is 6.38. The van der Waals surface area contributed by atoms with Gasteiger partial charge < -0.3 is 10.2 Å². The first kappa shape index (κ1) is 9.90. The first-order valence-electron chi connectivity index (χ1n) is 7.07. The summed E-state index contributed by atoms with van der Waals surface area (Å²) in [6.45, 7) is 0.625. The summed E-state index contributed by atoms with van der Waals surface area (Å²) in [7, 11) is 0. The van der Waals surface area contributed by atoms with Crippen LogP contribution in [0.25, 0.3) is 0 Å². The smallest absolute Gasteiger partial charge is 0.0465 e. The molecule has 4 bridgehead atoms. The molecule has 8 atom stereocenters. The maximum absolute atomic E-state index is 9.57. The summed E-state index contributed by atoms with van der Waals surface area (Å²) in [4.78, 5) is 0. The van der Waals surface area contributed by atoms with Gasteiger partial charge in [-0.25, -0.2) is 0 Å². The Hall–Kier alpha value is -0.0800. The van der Waals surface area contributed by atoms with Crippen molar-refractivity contribution in [2.75, 3.05) is 13.2 Å². The molecule has 4 rings (SSSR count). The third-order valence-corrected chi connectivity index (χ3v) is 6.65. The lowest BCUT2D eigenvalue weighted by molar-refractivity contribution is 0.00173. The summed E-state index contributed by atoms with van der Waals surface area (Å²) >= 11 is 0. The van der Waals surface area contributed by atoms with Crippen LogP contribution in [0, 0.1) is 47.3 Å². The van der Waals surface area contributed by atoms with Gasteiger partial charge in [0.1, 0.15) is 0 Å². The Kier molecular flexibility index (Phi) is 2.00. The van der Waals surface area contributed by atoms with Gasteiger partial charge in [0.05, 0.1) is 0 Å². The lowest BCUT2D eigenvalue weighted by Crippen LogP contribution is -2.40. The van der Waals surface area contributed by atoms with Gasteiger partial charge in [0, 0.05) is 13.2 Å². The van der Waals surface area contributed by atoms with Crippen LogP contribution in [0.2, 0.25) is 0 Å². The zero-order valence-electron chi connectivity index (χ0n) is 9.76. The number of hydrogen-bond acceptors (Lipinski definition) is 2. The van der Waals surface area contributed by atoms with Gasteiger partial charge in [-0.2, -0.15) is 0 Å². The molecular weight excluding hydrogens is 200 g/mol. The zero-order valence-corrected chi connectivity index (χ0v) is 9.76. The molecule has 0 radical (unpaired) electrons. The minimum Gasteiger partial charge on any atom is -0.396 e. The highest BCUT2D eigenvalue weighted by atomic mass is 16.3. The first-order chi connectivity index (χ1) is 7.85. The van der Waals surface area contributed by atoms with E-state index in [9.17, 15) is 10.2 Å². The molecule has 4 aliphatic carbocycles. The van der Waals surface area contributed by atoms with E-state index in [2.05, 4.69) is 0 Å². The largest absolute Gasteiger partial charge is 0.396 e. The van der Waals surface area contributed by atoms with Crippen molar-refractivity contribution >= 4 is 0 Å². The number of rotatable bonds is 2. The second-order valence-corrected chi connectivity index (χ2v) is 6.74. The lowest BCUT2D eigenvalue weighted by Gasteiger charge is -2.42. The van der Waals surface area contributed by atoms with Crippen molar-refractivity contribution in [2.45, 2.75) is 25.7 Å². The molecule has 90 valence electrons. The molecule has 0 heterocycles. The van der Waals surface area contributed by atoms with Gasteiger partial charge >= 0.3 is 0 Å². The highest BCUT2D eigenvalue weighted by molar-refractivity contribution is 5.13. The van der Waals surface area contributed by atoms with Crippen LogP contribution >= 0.6 is 0 Å². The highest BCUT2D eigenvalue weighted by Gasteiger charge is 2.64. The Morgan fingerprint density at radius 1 is 0.750 bits per heavy atom. The van der Waals surface area contributed by atoms with Crippen LogP contribution in [0.4, 0.5) is 0 Å². The van der Waals surface area contributed by atoms with E-state index in [1.165, 1.54) is 25.7 Å². The molecule has 0 aliphatic heterocycles. The molecule has 6 unspecified atom stereocenters. The van der Waals surface area contributed by atoms with Crippen LogP contribution in [0.1, 0.15) is 25.7 Å². The van der Waals surface area contributed by atoms with Gasteiger partial charge in [-0.3, -0.25) is 0 Å². The van der Waals surface area contributed by atoms with Crippen molar-refractivity contribution in [3.05, 3.63) is 0 Å². The minimum absolute atomic E-state index is 0.312. The van der Waals surface area contributed by atoms with E-state index in [1.54, 1.807) is 0 Å². The molecule has 0 aromatic heterocycles. The van der Waals surface area contributed by atoms with Gasteiger partial charge in [-0.1, -0.05) is 0 Å². The first-order valence-corrected chi connectivity index (χ1v) is 7.07. The lowest BCUT2D eigenvalue weighted by atomic mass is 9.64. The summed E-state index contributed by atoms with van der Waals surface area (Å²) < 4.78 is 0. The Morgan fingerprint density at radius 3 is 1.69 bits per heavy atom. The van der Waals surface area contributed by atoms with E-state index in [0.717, 1.165) is 35.5 Å². The molecule has 0 saturated heterocycles. The average molecular weight is 222 g/mol. The van der Waals surface area contributed by atoms with Crippen LogP contribution in [0.5, 0.6) is 0 Å². The van der Waals surface area contributed by atoms with Crippen LogP contribution in [-0.2, 0) is 0 Å². The van der Waals surface area contributed by atoms with Crippen LogP contribution in [-0.4, -0.2) is 23.4 Å². The number of hydrogen-bond donors (Lipinski definition) is 2. The standard InChI is InChI=1S/C14H22O2/c15-5-11-9-4-10(12(11)6-16)14-8-2-1-7(3-8)13(9)14/h7-16H,1-6H2/t7?,8?,9-,10-,11?,12?,13?,14?/m0/s1. The molecule has 0 aromatic rings. The van der Waals surface area contributed by atoms with E-state index >= 15 is 0 Å². The van der Waals surface area contributed by atoms with Gasteiger partial charge in [-0.15, -0.1) is 0 Å². The third-order valence-electron chi connectivity index (χ3n) is 6.65. The van der Waals surface area contributed by atoms with E-state index in [4.69, 9.17) is 0 Å². The molecule has 2 nitrogen and oxygen atoms in total. The van der Waals surface area contributed by atoms with E-state index in [0.29, 0.717) is 25.0 Å². The minimum atomic E-state index is 0.312. The average Bonchev–Trinajstić information content (AvgIpc) is 3.03. The Labute approximate surface area is 97.0 Å². The molecule has 4 fully saturated rings. The summed E-state index contributed by atoms with van der Waals surface area (Å²) in [5.41, 5.74) is 0. The van der Waals surface area contributed by atoms with Gasteiger partial charge in [0.25, 0.3) is 0 Å². The highest BCUT2D eigenvalue weighted by Crippen LogP contribution is 2.70. The Bertz CT molecular complexity index is 275. The van der Waals surface area contributed by atoms with Crippen molar-refractivity contribution < 1.29 is 10.2 Å². The van der Waals surface area contributed by atoms with E-state index < -0.39 is 0 Å². The van der Waals surface area contributed by atoms with Crippen LogP contribution in [0.3, 0.4) is 0 Å². The van der Waals surface area contributed by atoms with E-state index in [1.807, 2.05) is 0 Å². The normalized spacial score (nSPS) is 61.9. The molecule has 0 spiro atoms. The van der Waals surface area contributed by atoms with Crippen molar-refractivity contribution in [1.29, 1.82) is 0 Å². The summed E-state index contributed by atoms with van der Waals surface area (Å²) in [6.07, 6.45) is 5.70. The quantitative estimate of drug-likeness (QED) is 0.695. The predicted molar refractivity (Wildman–Crippen MR) is 60.6 cm³/mol. The Morgan fingerprint density at radius 2 is 1.25 bits per heavy atom. The maximum atomic E-state index is 9.57. The fraction of sp³-hybridized carbons (Fsp3) is 1.00. The van der Waals surface area contributed by atoms with Crippen LogP contribution in [0.15, 0.2) is 0 Å². The summed E-state index contributed by atoms with van der Waals surface area (Å²) in [5, 5.41) is 19.1. The Balaban J connectivity index is 1.68. The molecule has 0 aromatic carbocycles. The molecule has 4 saturated carbocycles. The van der Waals surface area contributed by atoms with Gasteiger partial charge in [0.2, 0.25) is 0 Å². The molecule has 4 aliphatic rings. The zero-order chi connectivity index (χ0) is 10.9. The molecule has 2 N–H and O–H groups in total. The van der Waals surface area contributed by atoms with Crippen molar-refractivity contribution in [2.24, 2.45) is 47.3 Å². The molecule has 2 heteroatoms.